The molecule has 0 amide bonds. The Morgan fingerprint density at radius 3 is 2.55 bits per heavy atom. The largest absolute Gasteiger partial charge is 0.349 e. The molecule has 0 bridgehead atoms. The van der Waals surface area contributed by atoms with Crippen LogP contribution in [0.2, 0.25) is 0 Å². The molecule has 4 rings (SSSR count). The zero-order valence-electron chi connectivity index (χ0n) is 17.4. The summed E-state index contributed by atoms with van der Waals surface area (Å²) in [5.41, 5.74) is 1.42. The van der Waals surface area contributed by atoms with Gasteiger partial charge in [0.25, 0.3) is 0 Å². The van der Waals surface area contributed by atoms with Crippen LogP contribution in [0.1, 0.15) is 43.0 Å². The van der Waals surface area contributed by atoms with Gasteiger partial charge in [0.05, 0.1) is 6.54 Å². The lowest BCUT2D eigenvalue weighted by molar-refractivity contribution is 0.127. The Hall–Kier alpha value is -1.68. The van der Waals surface area contributed by atoms with Crippen molar-refractivity contribution >= 4 is 29.9 Å². The number of aromatic nitrogens is 3. The van der Waals surface area contributed by atoms with E-state index in [1.54, 1.807) is 0 Å². The highest BCUT2D eigenvalue weighted by molar-refractivity contribution is 14.0. The maximum absolute atomic E-state index is 4.51. The van der Waals surface area contributed by atoms with Crippen LogP contribution in [0.15, 0.2) is 35.3 Å². The standard InChI is InChI=1S/C21H31N7.HI/c1-3-18(17-8-5-4-6-9-17)26-12-14-27(15-13-26)21(22-2)23-16-20-25-24-19-10-7-11-28(19)20;/h4-6,8-9,18H,3,7,10-16H2,1-2H3,(H,22,23);1H. The summed E-state index contributed by atoms with van der Waals surface area (Å²) >= 11 is 0. The monoisotopic (exact) mass is 509 g/mol. The summed E-state index contributed by atoms with van der Waals surface area (Å²) in [5.74, 6) is 3.09. The Labute approximate surface area is 190 Å². The van der Waals surface area contributed by atoms with Crippen LogP contribution in [-0.2, 0) is 19.5 Å². The molecule has 1 atom stereocenters. The fourth-order valence-corrected chi connectivity index (χ4v) is 4.46. The lowest BCUT2D eigenvalue weighted by Gasteiger charge is -2.40. The Bertz CT molecular complexity index is 797. The number of benzene rings is 1. The van der Waals surface area contributed by atoms with Gasteiger partial charge in [-0.05, 0) is 18.4 Å². The van der Waals surface area contributed by atoms with E-state index < -0.39 is 0 Å². The summed E-state index contributed by atoms with van der Waals surface area (Å²) in [6.07, 6.45) is 3.35. The topological polar surface area (TPSA) is 61.6 Å². The molecule has 7 nitrogen and oxygen atoms in total. The van der Waals surface area contributed by atoms with Gasteiger partial charge in [0.1, 0.15) is 5.82 Å². The van der Waals surface area contributed by atoms with Gasteiger partial charge in [-0.1, -0.05) is 37.3 Å². The van der Waals surface area contributed by atoms with Gasteiger partial charge in [-0.2, -0.15) is 0 Å². The maximum atomic E-state index is 4.51. The zero-order chi connectivity index (χ0) is 19.3. The van der Waals surface area contributed by atoms with Gasteiger partial charge in [-0.3, -0.25) is 9.89 Å². The number of hydrogen-bond acceptors (Lipinski definition) is 4. The number of rotatable bonds is 5. The number of hydrogen-bond donors (Lipinski definition) is 1. The predicted octanol–water partition coefficient (Wildman–Crippen LogP) is 2.69. The molecule has 1 aromatic heterocycles. The lowest BCUT2D eigenvalue weighted by Crippen LogP contribution is -2.53. The number of piperazine rings is 1. The van der Waals surface area contributed by atoms with Crippen LogP contribution in [0.5, 0.6) is 0 Å². The maximum Gasteiger partial charge on any atom is 0.194 e. The summed E-state index contributed by atoms with van der Waals surface area (Å²) in [4.78, 5) is 9.47. The quantitative estimate of drug-likeness (QED) is 0.382. The molecule has 0 spiro atoms. The van der Waals surface area contributed by atoms with E-state index >= 15 is 0 Å². The van der Waals surface area contributed by atoms with Crippen LogP contribution in [0.4, 0.5) is 0 Å². The number of aryl methyl sites for hydroxylation is 1. The van der Waals surface area contributed by atoms with E-state index in [1.807, 2.05) is 7.05 Å². The van der Waals surface area contributed by atoms with Crippen LogP contribution in [0.25, 0.3) is 0 Å². The van der Waals surface area contributed by atoms with Gasteiger partial charge in [0, 0.05) is 52.2 Å². The van der Waals surface area contributed by atoms with Gasteiger partial charge in [-0.25, -0.2) is 0 Å². The van der Waals surface area contributed by atoms with Gasteiger partial charge < -0.3 is 14.8 Å². The number of nitrogens with one attached hydrogen (secondary N) is 1. The average molecular weight is 509 g/mol. The highest BCUT2D eigenvalue weighted by Gasteiger charge is 2.25. The van der Waals surface area contributed by atoms with Crippen molar-refractivity contribution in [3.63, 3.8) is 0 Å². The van der Waals surface area contributed by atoms with Crippen molar-refractivity contribution < 1.29 is 0 Å². The second-order valence-electron chi connectivity index (χ2n) is 7.55. The summed E-state index contributed by atoms with van der Waals surface area (Å²) in [6, 6.07) is 11.4. The summed E-state index contributed by atoms with van der Waals surface area (Å²) in [7, 11) is 1.86. The minimum absolute atomic E-state index is 0. The van der Waals surface area contributed by atoms with Crippen molar-refractivity contribution in [1.82, 2.24) is 29.9 Å². The number of nitrogens with zero attached hydrogens (tertiary/aromatic N) is 6. The Balaban J connectivity index is 0.00000240. The highest BCUT2D eigenvalue weighted by atomic mass is 127. The first kappa shape index (κ1) is 22.0. The van der Waals surface area contributed by atoms with Crippen molar-refractivity contribution in [2.24, 2.45) is 4.99 Å². The highest BCUT2D eigenvalue weighted by Crippen LogP contribution is 2.25. The normalized spacial score (nSPS) is 18.3. The first-order chi connectivity index (χ1) is 13.8. The number of halogens is 1. The van der Waals surface area contributed by atoms with Crippen LogP contribution < -0.4 is 5.32 Å². The fraction of sp³-hybridized carbons (Fsp3) is 0.571. The van der Waals surface area contributed by atoms with Crippen LogP contribution in [0, 0.1) is 0 Å². The predicted molar refractivity (Wildman–Crippen MR) is 127 cm³/mol. The molecule has 158 valence electrons. The number of guanidine groups is 1. The second-order valence-corrected chi connectivity index (χ2v) is 7.55. The van der Waals surface area contributed by atoms with Crippen LogP contribution in [-0.4, -0.2) is 63.8 Å². The molecular weight excluding hydrogens is 477 g/mol. The van der Waals surface area contributed by atoms with E-state index in [2.05, 4.69) is 72.1 Å². The Morgan fingerprint density at radius 1 is 1.10 bits per heavy atom. The van der Waals surface area contributed by atoms with Crippen LogP contribution in [0.3, 0.4) is 0 Å². The summed E-state index contributed by atoms with van der Waals surface area (Å²) in [5, 5.41) is 12.1. The van der Waals surface area contributed by atoms with Gasteiger partial charge in [0.2, 0.25) is 0 Å². The molecule has 1 unspecified atom stereocenters. The molecule has 0 radical (unpaired) electrons. The molecule has 2 aromatic rings. The third-order valence-corrected chi connectivity index (χ3v) is 5.93. The van der Waals surface area contributed by atoms with E-state index in [-0.39, 0.29) is 24.0 Å². The second kappa shape index (κ2) is 10.4. The third-order valence-electron chi connectivity index (χ3n) is 5.93. The molecular formula is C21H32IN7. The van der Waals surface area contributed by atoms with Gasteiger partial charge in [-0.15, -0.1) is 34.2 Å². The number of aliphatic imine (C=N–C) groups is 1. The third kappa shape index (κ3) is 4.91. The molecule has 1 fully saturated rings. The first-order valence-electron chi connectivity index (χ1n) is 10.5. The smallest absolute Gasteiger partial charge is 0.194 e. The Kier molecular flexibility index (Phi) is 7.88. The van der Waals surface area contributed by atoms with E-state index in [0.29, 0.717) is 12.6 Å². The molecule has 2 aliphatic rings. The van der Waals surface area contributed by atoms with Crippen molar-refractivity contribution in [3.8, 4) is 0 Å². The molecule has 1 saturated heterocycles. The zero-order valence-corrected chi connectivity index (χ0v) is 19.7. The SMILES string of the molecule is CCC(c1ccccc1)N1CCN(C(=NC)NCc2nnc3n2CCC3)CC1.I. The molecule has 0 aliphatic carbocycles. The first-order valence-corrected chi connectivity index (χ1v) is 10.5. The molecule has 3 heterocycles. The minimum atomic E-state index is 0. The van der Waals surface area contributed by atoms with Crippen molar-refractivity contribution in [1.29, 1.82) is 0 Å². The van der Waals surface area contributed by atoms with Crippen molar-refractivity contribution in [2.75, 3.05) is 33.2 Å². The lowest BCUT2D eigenvalue weighted by atomic mass is 10.0. The van der Waals surface area contributed by atoms with Crippen molar-refractivity contribution in [2.45, 2.75) is 45.3 Å². The Morgan fingerprint density at radius 2 is 1.86 bits per heavy atom. The molecule has 0 saturated carbocycles. The van der Waals surface area contributed by atoms with Gasteiger partial charge in [0.15, 0.2) is 11.8 Å². The minimum Gasteiger partial charge on any atom is -0.349 e. The van der Waals surface area contributed by atoms with Crippen LogP contribution >= 0.6 is 24.0 Å². The van der Waals surface area contributed by atoms with Gasteiger partial charge >= 0.3 is 0 Å². The number of fused-ring (bicyclic) bond motifs is 1. The van der Waals surface area contributed by atoms with E-state index in [0.717, 1.165) is 63.2 Å². The van der Waals surface area contributed by atoms with E-state index in [4.69, 9.17) is 0 Å². The molecule has 2 aliphatic heterocycles. The van der Waals surface area contributed by atoms with E-state index in [1.165, 1.54) is 12.0 Å². The molecule has 1 N–H and O–H groups in total. The fourth-order valence-electron chi connectivity index (χ4n) is 4.46. The van der Waals surface area contributed by atoms with E-state index in [9.17, 15) is 0 Å². The average Bonchev–Trinajstić information content (AvgIpc) is 3.35. The molecule has 8 heteroatoms. The van der Waals surface area contributed by atoms with Crippen molar-refractivity contribution in [3.05, 3.63) is 47.5 Å². The molecule has 1 aromatic carbocycles. The summed E-state index contributed by atoms with van der Waals surface area (Å²) in [6.45, 7) is 8.07. The molecule has 29 heavy (non-hydrogen) atoms. The summed E-state index contributed by atoms with van der Waals surface area (Å²) < 4.78 is 2.24.